The van der Waals surface area contributed by atoms with Crippen molar-refractivity contribution < 1.29 is 13.2 Å². The van der Waals surface area contributed by atoms with E-state index in [2.05, 4.69) is 15.6 Å². The van der Waals surface area contributed by atoms with Crippen molar-refractivity contribution in [2.75, 3.05) is 45.1 Å². The van der Waals surface area contributed by atoms with Crippen LogP contribution in [-0.4, -0.2) is 63.8 Å². The number of nitrogens with one attached hydrogen (secondary N) is 2. The fourth-order valence-corrected chi connectivity index (χ4v) is 4.05. The fraction of sp³-hybridized carbons (Fsp3) is 0.588. The minimum absolute atomic E-state index is 0.255. The summed E-state index contributed by atoms with van der Waals surface area (Å²) in [4.78, 5) is 4.43. The zero-order valence-electron chi connectivity index (χ0n) is 15.0. The first-order valence-electron chi connectivity index (χ1n) is 8.71. The number of sulfonamides is 1. The topological polar surface area (TPSA) is 83.0 Å². The molecule has 1 fully saturated rings. The van der Waals surface area contributed by atoms with Gasteiger partial charge in [-0.25, -0.2) is 12.7 Å². The smallest absolute Gasteiger partial charge is 0.214 e. The Morgan fingerprint density at radius 1 is 1.28 bits per heavy atom. The number of benzene rings is 1. The number of aliphatic imine (C=N–C) groups is 1. The minimum Gasteiger partial charge on any atom is -0.492 e. The van der Waals surface area contributed by atoms with Gasteiger partial charge >= 0.3 is 0 Å². The molecular weight excluding hydrogens is 340 g/mol. The van der Waals surface area contributed by atoms with Crippen LogP contribution in [0, 0.1) is 6.92 Å². The van der Waals surface area contributed by atoms with Gasteiger partial charge in [0.05, 0.1) is 18.8 Å². The molecule has 0 unspecified atom stereocenters. The molecule has 0 spiro atoms. The number of guanidine groups is 1. The third-order valence-corrected chi connectivity index (χ3v) is 5.81. The van der Waals surface area contributed by atoms with E-state index in [1.165, 1.54) is 9.87 Å². The minimum atomic E-state index is -3.05. The maximum absolute atomic E-state index is 11.8. The molecule has 0 amide bonds. The van der Waals surface area contributed by atoms with Crippen LogP contribution in [0.2, 0.25) is 0 Å². The Labute approximate surface area is 150 Å². The second-order valence-corrected chi connectivity index (χ2v) is 8.01. The Balaban J connectivity index is 1.72. The molecule has 2 N–H and O–H groups in total. The van der Waals surface area contributed by atoms with Crippen LogP contribution in [0.1, 0.15) is 18.9 Å². The van der Waals surface area contributed by atoms with Gasteiger partial charge in [-0.1, -0.05) is 17.7 Å². The van der Waals surface area contributed by atoms with E-state index in [-0.39, 0.29) is 5.75 Å². The van der Waals surface area contributed by atoms with Crippen LogP contribution >= 0.6 is 0 Å². The molecule has 0 saturated carbocycles. The maximum Gasteiger partial charge on any atom is 0.214 e. The van der Waals surface area contributed by atoms with Gasteiger partial charge in [0.2, 0.25) is 10.0 Å². The molecular formula is C17H28N4O3S. The van der Waals surface area contributed by atoms with Crippen LogP contribution in [0.15, 0.2) is 29.3 Å². The van der Waals surface area contributed by atoms with Gasteiger partial charge in [-0.2, -0.15) is 0 Å². The highest BCUT2D eigenvalue weighted by atomic mass is 32.2. The molecule has 1 aliphatic rings. The summed E-state index contributed by atoms with van der Waals surface area (Å²) in [5, 5.41) is 6.34. The van der Waals surface area contributed by atoms with E-state index >= 15 is 0 Å². The number of ether oxygens (including phenoxy) is 1. The van der Waals surface area contributed by atoms with Crippen molar-refractivity contribution in [1.82, 2.24) is 14.9 Å². The first-order valence-corrected chi connectivity index (χ1v) is 10.3. The van der Waals surface area contributed by atoms with Crippen molar-refractivity contribution in [3.8, 4) is 5.75 Å². The molecule has 140 valence electrons. The molecule has 7 nitrogen and oxygen atoms in total. The second-order valence-electron chi connectivity index (χ2n) is 5.92. The lowest BCUT2D eigenvalue weighted by Gasteiger charge is -2.14. The van der Waals surface area contributed by atoms with E-state index in [9.17, 15) is 8.42 Å². The Bertz CT molecular complexity index is 659. The zero-order chi connectivity index (χ0) is 18.1. The van der Waals surface area contributed by atoms with Gasteiger partial charge in [0.1, 0.15) is 12.4 Å². The molecule has 1 aliphatic heterocycles. The van der Waals surface area contributed by atoms with Gasteiger partial charge in [0, 0.05) is 19.6 Å². The predicted molar refractivity (Wildman–Crippen MR) is 101 cm³/mol. The van der Waals surface area contributed by atoms with E-state index in [0.29, 0.717) is 45.2 Å². The average molecular weight is 369 g/mol. The predicted octanol–water partition coefficient (Wildman–Crippen LogP) is 0.964. The third-order valence-electron chi connectivity index (χ3n) is 3.85. The summed E-state index contributed by atoms with van der Waals surface area (Å²) in [5.41, 5.74) is 1.20. The Kier molecular flexibility index (Phi) is 7.52. The van der Waals surface area contributed by atoms with Crippen molar-refractivity contribution >= 4 is 16.0 Å². The van der Waals surface area contributed by atoms with Crippen molar-refractivity contribution in [2.45, 2.75) is 20.3 Å². The highest BCUT2D eigenvalue weighted by Crippen LogP contribution is 2.12. The third kappa shape index (κ3) is 6.55. The molecule has 1 aromatic carbocycles. The van der Waals surface area contributed by atoms with Crippen LogP contribution in [0.25, 0.3) is 0 Å². The van der Waals surface area contributed by atoms with E-state index < -0.39 is 10.0 Å². The first kappa shape index (κ1) is 19.5. The molecule has 0 aromatic heterocycles. The van der Waals surface area contributed by atoms with Gasteiger partial charge in [-0.15, -0.1) is 0 Å². The summed E-state index contributed by atoms with van der Waals surface area (Å²) in [7, 11) is -3.05. The average Bonchev–Trinajstić information content (AvgIpc) is 2.92. The second kappa shape index (κ2) is 9.62. The van der Waals surface area contributed by atoms with E-state index in [4.69, 9.17) is 4.74 Å². The summed E-state index contributed by atoms with van der Waals surface area (Å²) in [6.07, 6.45) is 0.709. The maximum atomic E-state index is 11.8. The van der Waals surface area contributed by atoms with Crippen LogP contribution in [0.4, 0.5) is 0 Å². The Morgan fingerprint density at radius 2 is 2.04 bits per heavy atom. The molecule has 0 aliphatic carbocycles. The standard InChI is InChI=1S/C17H28N4O3S/c1-3-18-17(19-9-12-21-11-4-14-25(21,22)23)20-10-13-24-16-7-5-15(2)6-8-16/h5-8H,3-4,9-14H2,1-2H3,(H2,18,19,20). The van der Waals surface area contributed by atoms with E-state index in [1.54, 1.807) is 0 Å². The van der Waals surface area contributed by atoms with Crippen molar-refractivity contribution in [2.24, 2.45) is 4.99 Å². The van der Waals surface area contributed by atoms with Crippen LogP contribution < -0.4 is 15.4 Å². The molecule has 1 aromatic rings. The molecule has 0 bridgehead atoms. The fourth-order valence-electron chi connectivity index (χ4n) is 2.53. The molecule has 0 atom stereocenters. The van der Waals surface area contributed by atoms with Gasteiger partial charge in [0.15, 0.2) is 5.96 Å². The van der Waals surface area contributed by atoms with Crippen molar-refractivity contribution in [1.29, 1.82) is 0 Å². The molecule has 8 heteroatoms. The summed E-state index contributed by atoms with van der Waals surface area (Å²) in [6.45, 7) is 7.38. The van der Waals surface area contributed by atoms with Gasteiger partial charge < -0.3 is 15.4 Å². The summed E-state index contributed by atoms with van der Waals surface area (Å²) in [5.74, 6) is 1.77. The normalized spacial score (nSPS) is 17.4. The van der Waals surface area contributed by atoms with E-state index in [0.717, 1.165) is 12.3 Å². The monoisotopic (exact) mass is 368 g/mol. The van der Waals surface area contributed by atoms with Gasteiger partial charge in [-0.05, 0) is 32.4 Å². The lowest BCUT2D eigenvalue weighted by atomic mass is 10.2. The molecule has 2 rings (SSSR count). The lowest BCUT2D eigenvalue weighted by Crippen LogP contribution is -2.40. The number of aryl methyl sites for hydroxylation is 1. The van der Waals surface area contributed by atoms with Gasteiger partial charge in [0.25, 0.3) is 0 Å². The lowest BCUT2D eigenvalue weighted by molar-refractivity contribution is 0.322. The number of hydrogen-bond donors (Lipinski definition) is 2. The molecule has 1 heterocycles. The highest BCUT2D eigenvalue weighted by Gasteiger charge is 2.27. The number of nitrogens with zero attached hydrogens (tertiary/aromatic N) is 2. The largest absolute Gasteiger partial charge is 0.492 e. The quantitative estimate of drug-likeness (QED) is 0.406. The van der Waals surface area contributed by atoms with Crippen LogP contribution in [0.3, 0.4) is 0 Å². The SMILES string of the molecule is CCNC(=NCCN1CCCS1(=O)=O)NCCOc1ccc(C)cc1. The summed E-state index contributed by atoms with van der Waals surface area (Å²) < 4.78 is 30.7. The van der Waals surface area contributed by atoms with Crippen LogP contribution in [0.5, 0.6) is 5.75 Å². The molecule has 0 radical (unpaired) electrons. The van der Waals surface area contributed by atoms with Crippen molar-refractivity contribution in [3.05, 3.63) is 29.8 Å². The van der Waals surface area contributed by atoms with Crippen LogP contribution in [-0.2, 0) is 10.0 Å². The number of hydrogen-bond acceptors (Lipinski definition) is 4. The van der Waals surface area contributed by atoms with Crippen molar-refractivity contribution in [3.63, 3.8) is 0 Å². The summed E-state index contributed by atoms with van der Waals surface area (Å²) >= 11 is 0. The van der Waals surface area contributed by atoms with E-state index in [1.807, 2.05) is 38.1 Å². The number of rotatable bonds is 8. The summed E-state index contributed by atoms with van der Waals surface area (Å²) in [6, 6.07) is 7.93. The Morgan fingerprint density at radius 3 is 2.68 bits per heavy atom. The highest BCUT2D eigenvalue weighted by molar-refractivity contribution is 7.89. The molecule has 25 heavy (non-hydrogen) atoms. The van der Waals surface area contributed by atoms with Gasteiger partial charge in [-0.3, -0.25) is 4.99 Å². The Hall–Kier alpha value is -1.80. The zero-order valence-corrected chi connectivity index (χ0v) is 15.8. The molecule has 1 saturated heterocycles. The first-order chi connectivity index (χ1) is 12.0.